The molecule has 2 atom stereocenters. The van der Waals surface area contributed by atoms with Gasteiger partial charge in [0.15, 0.2) is 11.5 Å². The van der Waals surface area contributed by atoms with Crippen LogP contribution in [0.3, 0.4) is 0 Å². The van der Waals surface area contributed by atoms with Gasteiger partial charge in [0.2, 0.25) is 0 Å². The van der Waals surface area contributed by atoms with Crippen molar-refractivity contribution in [3.8, 4) is 11.5 Å². The van der Waals surface area contributed by atoms with E-state index < -0.39 is 18.0 Å². The SMILES string of the molecule is COc1cc(F)ccc1O[C@@H]1CCN(C(=O)c2ccc(SC)cc2)C[C@H]1O. The number of aliphatic hydroxyl groups is 1. The molecule has 1 saturated heterocycles. The summed E-state index contributed by atoms with van der Waals surface area (Å²) in [5.74, 6) is 0.108. The van der Waals surface area contributed by atoms with Gasteiger partial charge in [0.25, 0.3) is 5.91 Å². The molecule has 1 N–H and O–H groups in total. The second-order valence-corrected chi connectivity index (χ2v) is 7.17. The Morgan fingerprint density at radius 1 is 1.22 bits per heavy atom. The maximum Gasteiger partial charge on any atom is 0.253 e. The number of hydrogen-bond donors (Lipinski definition) is 1. The quantitative estimate of drug-likeness (QED) is 0.793. The van der Waals surface area contributed by atoms with Crippen LogP contribution in [-0.4, -0.2) is 54.6 Å². The zero-order valence-electron chi connectivity index (χ0n) is 15.2. The maximum absolute atomic E-state index is 13.3. The summed E-state index contributed by atoms with van der Waals surface area (Å²) < 4.78 is 24.3. The number of β-amino-alcohol motifs (C(OH)–C–C–N with tert-alkyl or cyclic N) is 1. The lowest BCUT2D eigenvalue weighted by Crippen LogP contribution is -2.51. The molecule has 0 unspecified atom stereocenters. The molecule has 0 bridgehead atoms. The largest absolute Gasteiger partial charge is 0.493 e. The van der Waals surface area contributed by atoms with E-state index in [0.717, 1.165) is 4.90 Å². The fourth-order valence-electron chi connectivity index (χ4n) is 3.05. The van der Waals surface area contributed by atoms with E-state index in [0.29, 0.717) is 24.3 Å². The lowest BCUT2D eigenvalue weighted by Gasteiger charge is -2.36. The highest BCUT2D eigenvalue weighted by Crippen LogP contribution is 2.30. The van der Waals surface area contributed by atoms with Crippen LogP contribution in [0.15, 0.2) is 47.4 Å². The normalized spacial score (nSPS) is 19.6. The Hall–Kier alpha value is -2.25. The molecule has 2 aromatic rings. The molecule has 1 aliphatic heterocycles. The molecule has 144 valence electrons. The predicted octanol–water partition coefficient (Wildman–Crippen LogP) is 3.21. The van der Waals surface area contributed by atoms with Gasteiger partial charge in [-0.3, -0.25) is 4.79 Å². The zero-order valence-corrected chi connectivity index (χ0v) is 16.0. The fourth-order valence-corrected chi connectivity index (χ4v) is 3.46. The van der Waals surface area contributed by atoms with E-state index in [-0.39, 0.29) is 18.2 Å². The van der Waals surface area contributed by atoms with E-state index in [9.17, 15) is 14.3 Å². The molecule has 0 aliphatic carbocycles. The Balaban J connectivity index is 1.64. The van der Waals surface area contributed by atoms with Crippen molar-refractivity contribution >= 4 is 17.7 Å². The van der Waals surface area contributed by atoms with E-state index in [4.69, 9.17) is 9.47 Å². The number of carbonyl (C=O) groups is 1. The van der Waals surface area contributed by atoms with Crippen LogP contribution < -0.4 is 9.47 Å². The maximum atomic E-state index is 13.3. The lowest BCUT2D eigenvalue weighted by molar-refractivity contribution is -0.0207. The summed E-state index contributed by atoms with van der Waals surface area (Å²) in [7, 11) is 1.43. The van der Waals surface area contributed by atoms with Crippen LogP contribution in [0.4, 0.5) is 4.39 Å². The summed E-state index contributed by atoms with van der Waals surface area (Å²) in [6, 6.07) is 11.4. The molecule has 7 heteroatoms. The van der Waals surface area contributed by atoms with Crippen molar-refractivity contribution in [1.82, 2.24) is 4.90 Å². The van der Waals surface area contributed by atoms with Gasteiger partial charge in [0.05, 0.1) is 13.7 Å². The highest BCUT2D eigenvalue weighted by atomic mass is 32.2. The van der Waals surface area contributed by atoms with E-state index in [1.165, 1.54) is 25.3 Å². The smallest absolute Gasteiger partial charge is 0.253 e. The Morgan fingerprint density at radius 3 is 2.59 bits per heavy atom. The summed E-state index contributed by atoms with van der Waals surface area (Å²) in [5.41, 5.74) is 0.597. The van der Waals surface area contributed by atoms with E-state index >= 15 is 0 Å². The topological polar surface area (TPSA) is 59.0 Å². The molecule has 1 heterocycles. The van der Waals surface area contributed by atoms with Crippen molar-refractivity contribution < 1.29 is 23.8 Å². The first-order chi connectivity index (χ1) is 13.0. The van der Waals surface area contributed by atoms with Crippen LogP contribution in [-0.2, 0) is 0 Å². The molecular formula is C20H22FNO4S. The second kappa shape index (κ2) is 8.63. The summed E-state index contributed by atoms with van der Waals surface area (Å²) in [6.45, 7) is 0.644. The Kier molecular flexibility index (Phi) is 6.23. The average Bonchev–Trinajstić information content (AvgIpc) is 2.70. The molecular weight excluding hydrogens is 369 g/mol. The van der Waals surface area contributed by atoms with Crippen molar-refractivity contribution in [1.29, 1.82) is 0 Å². The van der Waals surface area contributed by atoms with E-state index in [2.05, 4.69) is 0 Å². The third kappa shape index (κ3) is 4.54. The molecule has 0 saturated carbocycles. The Labute approximate surface area is 162 Å². The highest BCUT2D eigenvalue weighted by Gasteiger charge is 2.32. The Morgan fingerprint density at radius 2 is 1.96 bits per heavy atom. The monoisotopic (exact) mass is 391 g/mol. The summed E-state index contributed by atoms with van der Waals surface area (Å²) in [4.78, 5) is 15.4. The van der Waals surface area contributed by atoms with Gasteiger partial charge in [-0.15, -0.1) is 11.8 Å². The van der Waals surface area contributed by atoms with Crippen LogP contribution in [0.25, 0.3) is 0 Å². The number of hydrogen-bond acceptors (Lipinski definition) is 5. The number of benzene rings is 2. The summed E-state index contributed by atoms with van der Waals surface area (Å²) in [6.07, 6.45) is 1.11. The van der Waals surface area contributed by atoms with E-state index in [1.807, 2.05) is 18.4 Å². The molecule has 1 aliphatic rings. The van der Waals surface area contributed by atoms with Crippen molar-refractivity contribution in [2.45, 2.75) is 23.5 Å². The van der Waals surface area contributed by atoms with Crippen LogP contribution in [0, 0.1) is 5.82 Å². The van der Waals surface area contributed by atoms with Gasteiger partial charge in [-0.05, 0) is 42.7 Å². The van der Waals surface area contributed by atoms with Gasteiger partial charge in [-0.25, -0.2) is 4.39 Å². The number of amides is 1. The van der Waals surface area contributed by atoms with Crippen molar-refractivity contribution in [2.75, 3.05) is 26.5 Å². The number of halogens is 1. The number of piperidine rings is 1. The van der Waals surface area contributed by atoms with Gasteiger partial charge in [-0.1, -0.05) is 0 Å². The lowest BCUT2D eigenvalue weighted by atomic mass is 10.0. The molecule has 0 radical (unpaired) electrons. The Bertz CT molecular complexity index is 799. The van der Waals surface area contributed by atoms with E-state index in [1.54, 1.807) is 28.8 Å². The second-order valence-electron chi connectivity index (χ2n) is 6.29. The first-order valence-corrected chi connectivity index (χ1v) is 9.86. The number of likely N-dealkylation sites (tertiary alicyclic amines) is 1. The third-order valence-corrected chi connectivity index (χ3v) is 5.29. The molecule has 2 aromatic carbocycles. The van der Waals surface area contributed by atoms with Crippen LogP contribution in [0.5, 0.6) is 11.5 Å². The molecule has 3 rings (SSSR count). The number of methoxy groups -OCH3 is 1. The van der Waals surface area contributed by atoms with Crippen molar-refractivity contribution in [3.05, 3.63) is 53.8 Å². The van der Waals surface area contributed by atoms with Crippen LogP contribution >= 0.6 is 11.8 Å². The van der Waals surface area contributed by atoms with Crippen LogP contribution in [0.1, 0.15) is 16.8 Å². The standard InChI is InChI=1S/C20H22FNO4S/c1-25-19-11-14(21)5-8-18(19)26-17-9-10-22(12-16(17)23)20(24)13-3-6-15(27-2)7-4-13/h3-8,11,16-17,23H,9-10,12H2,1-2H3/t16-,17-/m1/s1. The molecule has 1 amide bonds. The van der Waals surface area contributed by atoms with Gasteiger partial charge >= 0.3 is 0 Å². The van der Waals surface area contributed by atoms with Gasteiger partial charge in [-0.2, -0.15) is 0 Å². The van der Waals surface area contributed by atoms with Gasteiger partial charge in [0.1, 0.15) is 18.0 Å². The minimum absolute atomic E-state index is 0.112. The minimum atomic E-state index is -0.845. The predicted molar refractivity (Wildman–Crippen MR) is 102 cm³/mol. The minimum Gasteiger partial charge on any atom is -0.493 e. The number of rotatable bonds is 5. The zero-order chi connectivity index (χ0) is 19.4. The average molecular weight is 391 g/mol. The summed E-state index contributed by atoms with van der Waals surface area (Å²) >= 11 is 1.62. The number of ether oxygens (including phenoxy) is 2. The third-order valence-electron chi connectivity index (χ3n) is 4.55. The first kappa shape index (κ1) is 19.5. The molecule has 5 nitrogen and oxygen atoms in total. The molecule has 1 fully saturated rings. The molecule has 0 spiro atoms. The van der Waals surface area contributed by atoms with Crippen molar-refractivity contribution in [3.63, 3.8) is 0 Å². The molecule has 0 aromatic heterocycles. The number of nitrogens with zero attached hydrogens (tertiary/aromatic N) is 1. The van der Waals surface area contributed by atoms with Crippen molar-refractivity contribution in [2.24, 2.45) is 0 Å². The number of aliphatic hydroxyl groups excluding tert-OH is 1. The number of thioether (sulfide) groups is 1. The fraction of sp³-hybridized carbons (Fsp3) is 0.350. The number of carbonyl (C=O) groups excluding carboxylic acids is 1. The first-order valence-electron chi connectivity index (χ1n) is 8.63. The molecule has 27 heavy (non-hydrogen) atoms. The summed E-state index contributed by atoms with van der Waals surface area (Å²) in [5, 5.41) is 10.5. The van der Waals surface area contributed by atoms with Gasteiger partial charge in [0, 0.05) is 29.5 Å². The highest BCUT2D eigenvalue weighted by molar-refractivity contribution is 7.98. The van der Waals surface area contributed by atoms with Gasteiger partial charge < -0.3 is 19.5 Å². The van der Waals surface area contributed by atoms with Crippen LogP contribution in [0.2, 0.25) is 0 Å².